The first kappa shape index (κ1) is 14.7. The van der Waals surface area contributed by atoms with Gasteiger partial charge in [-0.05, 0) is 11.4 Å². The summed E-state index contributed by atoms with van der Waals surface area (Å²) in [4.78, 5) is 1.11. The van der Waals surface area contributed by atoms with E-state index in [1.54, 1.807) is 15.8 Å². The van der Waals surface area contributed by atoms with Crippen molar-refractivity contribution < 1.29 is 8.42 Å². The summed E-state index contributed by atoms with van der Waals surface area (Å²) in [5.74, 6) is 0.250. The van der Waals surface area contributed by atoms with Crippen LogP contribution in [0.3, 0.4) is 0 Å². The first-order valence-electron chi connectivity index (χ1n) is 5.73. The van der Waals surface area contributed by atoms with Crippen molar-refractivity contribution in [2.45, 2.75) is 35.1 Å². The van der Waals surface area contributed by atoms with Gasteiger partial charge >= 0.3 is 0 Å². The Balaban J connectivity index is 2.31. The molecule has 0 aromatic carbocycles. The number of hydrogen-bond acceptors (Lipinski definition) is 4. The van der Waals surface area contributed by atoms with Crippen molar-refractivity contribution in [2.24, 2.45) is 0 Å². The van der Waals surface area contributed by atoms with Crippen molar-refractivity contribution in [1.82, 2.24) is 4.31 Å². The molecular weight excluding hydrogens is 310 g/mol. The smallest absolute Gasteiger partial charge is 0.207 e. The van der Waals surface area contributed by atoms with E-state index in [9.17, 15) is 8.42 Å². The Morgan fingerprint density at radius 3 is 2.56 bits per heavy atom. The van der Waals surface area contributed by atoms with Gasteiger partial charge in [0.15, 0.2) is 0 Å². The zero-order valence-electron chi connectivity index (χ0n) is 10.3. The maximum atomic E-state index is 12.6. The Morgan fingerprint density at radius 1 is 1.39 bits per heavy atom. The molecule has 0 aliphatic carbocycles. The maximum absolute atomic E-state index is 12.6. The van der Waals surface area contributed by atoms with Crippen LogP contribution in [0, 0.1) is 0 Å². The first-order chi connectivity index (χ1) is 8.45. The molecule has 1 aliphatic heterocycles. The molecule has 1 aliphatic rings. The number of thiophene rings is 1. The highest BCUT2D eigenvalue weighted by Gasteiger charge is 2.33. The fourth-order valence-corrected chi connectivity index (χ4v) is 6.93. The van der Waals surface area contributed by atoms with Crippen molar-refractivity contribution in [1.29, 1.82) is 0 Å². The molecule has 18 heavy (non-hydrogen) atoms. The van der Waals surface area contributed by atoms with Gasteiger partial charge < -0.3 is 0 Å². The molecule has 0 radical (unpaired) electrons. The van der Waals surface area contributed by atoms with Crippen LogP contribution in [0.1, 0.15) is 18.7 Å². The molecule has 0 N–H and O–H groups in total. The predicted octanol–water partition coefficient (Wildman–Crippen LogP) is 3.00. The number of halogens is 1. The molecule has 0 spiro atoms. The molecule has 0 saturated carbocycles. The molecule has 7 heteroatoms. The lowest BCUT2D eigenvalue weighted by molar-refractivity contribution is 0.404. The molecule has 1 aromatic heterocycles. The lowest BCUT2D eigenvalue weighted by Crippen LogP contribution is -2.44. The average Bonchev–Trinajstić information content (AvgIpc) is 2.76. The molecule has 102 valence electrons. The second-order valence-electron chi connectivity index (χ2n) is 4.42. The van der Waals surface area contributed by atoms with E-state index in [-0.39, 0.29) is 5.88 Å². The van der Waals surface area contributed by atoms with Crippen molar-refractivity contribution in [3.05, 3.63) is 16.3 Å². The van der Waals surface area contributed by atoms with Crippen LogP contribution in [0.15, 0.2) is 16.3 Å². The third-order valence-corrected chi connectivity index (χ3v) is 7.45. The van der Waals surface area contributed by atoms with Crippen LogP contribution < -0.4 is 0 Å². The Hall–Kier alpha value is 0.250. The molecule has 1 fully saturated rings. The van der Waals surface area contributed by atoms with Gasteiger partial charge in [-0.1, -0.05) is 13.8 Å². The number of sulfonamides is 1. The van der Waals surface area contributed by atoms with Crippen molar-refractivity contribution in [2.75, 3.05) is 13.1 Å². The number of nitrogens with zero attached hydrogens (tertiary/aromatic N) is 1. The van der Waals surface area contributed by atoms with E-state index < -0.39 is 10.0 Å². The highest BCUT2D eigenvalue weighted by atomic mass is 35.5. The van der Waals surface area contributed by atoms with E-state index in [0.717, 1.165) is 4.88 Å². The molecule has 2 rings (SSSR count). The molecule has 1 saturated heterocycles. The largest absolute Gasteiger partial charge is 0.244 e. The zero-order valence-corrected chi connectivity index (χ0v) is 13.5. The fraction of sp³-hybridized carbons (Fsp3) is 0.636. The van der Waals surface area contributed by atoms with Gasteiger partial charge in [-0.25, -0.2) is 8.42 Å². The number of hydrogen-bond donors (Lipinski definition) is 0. The number of thioether (sulfide) groups is 1. The maximum Gasteiger partial charge on any atom is 0.244 e. The fourth-order valence-electron chi connectivity index (χ4n) is 2.12. The van der Waals surface area contributed by atoms with Gasteiger partial charge in [0.05, 0.1) is 10.8 Å². The topological polar surface area (TPSA) is 37.4 Å². The van der Waals surface area contributed by atoms with Gasteiger partial charge in [0, 0.05) is 28.5 Å². The van der Waals surface area contributed by atoms with Crippen molar-refractivity contribution >= 4 is 44.7 Å². The molecule has 3 nitrogen and oxygen atoms in total. The Bertz CT molecular complexity index is 504. The average molecular weight is 326 g/mol. The molecule has 2 heterocycles. The molecule has 2 atom stereocenters. The van der Waals surface area contributed by atoms with E-state index in [1.165, 1.54) is 11.3 Å². The number of alkyl halides is 1. The molecule has 1 aromatic rings. The minimum atomic E-state index is -3.38. The van der Waals surface area contributed by atoms with E-state index in [4.69, 9.17) is 11.6 Å². The van der Waals surface area contributed by atoms with Gasteiger partial charge in [-0.2, -0.15) is 16.1 Å². The van der Waals surface area contributed by atoms with Crippen LogP contribution in [0.2, 0.25) is 0 Å². The summed E-state index contributed by atoms with van der Waals surface area (Å²) < 4.78 is 26.8. The van der Waals surface area contributed by atoms with Crippen LogP contribution >= 0.6 is 34.7 Å². The quantitative estimate of drug-likeness (QED) is 0.802. The summed E-state index contributed by atoms with van der Waals surface area (Å²) in [6.45, 7) is 5.29. The van der Waals surface area contributed by atoms with E-state index in [0.29, 0.717) is 28.5 Å². The zero-order chi connectivity index (χ0) is 13.3. The van der Waals surface area contributed by atoms with Gasteiger partial charge in [0.2, 0.25) is 10.0 Å². The van der Waals surface area contributed by atoms with Crippen LogP contribution in [0.25, 0.3) is 0 Å². The monoisotopic (exact) mass is 325 g/mol. The van der Waals surface area contributed by atoms with Gasteiger partial charge in [0.25, 0.3) is 0 Å². The molecule has 0 bridgehead atoms. The third-order valence-electron chi connectivity index (χ3n) is 2.83. The minimum Gasteiger partial charge on any atom is -0.207 e. The second-order valence-corrected chi connectivity index (χ2v) is 9.48. The van der Waals surface area contributed by atoms with Crippen molar-refractivity contribution in [3.63, 3.8) is 0 Å². The standard InChI is InChI=1S/C11H16ClNO2S3/c1-8-6-13(7-9(2)17-8)18(14,15)11-3-4-16-10(11)5-12/h3-4,8-9H,5-7H2,1-2H3. The summed E-state index contributed by atoms with van der Waals surface area (Å²) in [5.41, 5.74) is 0. The second kappa shape index (κ2) is 5.71. The van der Waals surface area contributed by atoms with Gasteiger partial charge in [0.1, 0.15) is 0 Å². The lowest BCUT2D eigenvalue weighted by atomic mass is 10.4. The van der Waals surface area contributed by atoms with E-state index >= 15 is 0 Å². The SMILES string of the molecule is CC1CN(S(=O)(=O)c2ccsc2CCl)CC(C)S1. The summed E-state index contributed by atoms with van der Waals surface area (Å²) in [5, 5.41) is 2.46. The third kappa shape index (κ3) is 2.88. The van der Waals surface area contributed by atoms with E-state index in [1.807, 2.05) is 11.8 Å². The van der Waals surface area contributed by atoms with Crippen LogP contribution in [-0.2, 0) is 15.9 Å². The van der Waals surface area contributed by atoms with E-state index in [2.05, 4.69) is 13.8 Å². The van der Waals surface area contributed by atoms with Crippen LogP contribution in [0.5, 0.6) is 0 Å². The highest BCUT2D eigenvalue weighted by molar-refractivity contribution is 8.00. The van der Waals surface area contributed by atoms with Gasteiger partial charge in [-0.3, -0.25) is 0 Å². The normalized spacial score (nSPS) is 26.4. The molecule has 2 unspecified atom stereocenters. The van der Waals surface area contributed by atoms with Crippen LogP contribution in [0.4, 0.5) is 0 Å². The van der Waals surface area contributed by atoms with Crippen molar-refractivity contribution in [3.8, 4) is 0 Å². The summed E-state index contributed by atoms with van der Waals surface area (Å²) in [6.07, 6.45) is 0. The lowest BCUT2D eigenvalue weighted by Gasteiger charge is -2.33. The predicted molar refractivity (Wildman–Crippen MR) is 79.1 cm³/mol. The Morgan fingerprint density at radius 2 is 2.00 bits per heavy atom. The Kier molecular flexibility index (Phi) is 4.65. The molecule has 0 amide bonds. The highest BCUT2D eigenvalue weighted by Crippen LogP contribution is 2.32. The van der Waals surface area contributed by atoms with Gasteiger partial charge in [-0.15, -0.1) is 22.9 Å². The molecular formula is C11H16ClNO2S3. The summed E-state index contributed by atoms with van der Waals surface area (Å²) >= 11 is 9.04. The Labute approximate surface area is 122 Å². The first-order valence-corrected chi connectivity index (χ1v) is 9.52. The van der Waals surface area contributed by atoms with Crippen LogP contribution in [-0.4, -0.2) is 36.3 Å². The minimum absolute atomic E-state index is 0.250. The summed E-state index contributed by atoms with van der Waals surface area (Å²) in [7, 11) is -3.38. The number of rotatable bonds is 3. The summed E-state index contributed by atoms with van der Waals surface area (Å²) in [6, 6.07) is 1.66.